The normalized spacial score (nSPS) is 14.8. The Morgan fingerprint density at radius 1 is 1.15 bits per heavy atom. The third-order valence-electron chi connectivity index (χ3n) is 5.03. The Balaban J connectivity index is 1.55. The number of hydrogen-bond acceptors (Lipinski definition) is 8. The summed E-state index contributed by atoms with van der Waals surface area (Å²) in [6.45, 7) is 0.0260. The molecule has 1 aliphatic rings. The van der Waals surface area contributed by atoms with E-state index in [2.05, 4.69) is 0 Å². The Bertz CT molecular complexity index is 1390. The molecule has 1 N–H and O–H groups in total. The minimum atomic E-state index is -1.00. The first-order chi connectivity index (χ1) is 16.2. The second kappa shape index (κ2) is 9.32. The molecule has 1 fully saturated rings. The van der Waals surface area contributed by atoms with Crippen molar-refractivity contribution in [3.8, 4) is 0 Å². The van der Waals surface area contributed by atoms with Gasteiger partial charge in [-0.1, -0.05) is 18.2 Å². The molecule has 0 saturated carbocycles. The number of carbonyl (C=O) groups excluding carboxylic acids is 3. The van der Waals surface area contributed by atoms with Crippen molar-refractivity contribution in [2.24, 2.45) is 0 Å². The molecule has 172 valence electrons. The van der Waals surface area contributed by atoms with Crippen LogP contribution in [0.4, 0.5) is 10.5 Å². The SMILES string of the molecule is O=C(O)CCCN1C(=O)SC(=Cc2ccc3oc(C(=O)c4cccc([N+](=O)[O-])c4)cc3c2)C1=O. The van der Waals surface area contributed by atoms with E-state index in [0.717, 1.165) is 16.7 Å². The number of imide groups is 1. The van der Waals surface area contributed by atoms with Crippen LogP contribution in [0, 0.1) is 10.1 Å². The van der Waals surface area contributed by atoms with E-state index in [-0.39, 0.29) is 41.3 Å². The summed E-state index contributed by atoms with van der Waals surface area (Å²) in [4.78, 5) is 59.7. The number of nitro benzene ring substituents is 1. The molecular formula is C23H16N2O8S. The number of fused-ring (bicyclic) bond motifs is 1. The quantitative estimate of drug-likeness (QED) is 0.213. The molecule has 0 radical (unpaired) electrons. The van der Waals surface area contributed by atoms with Gasteiger partial charge < -0.3 is 9.52 Å². The Labute approximate surface area is 196 Å². The molecule has 1 saturated heterocycles. The van der Waals surface area contributed by atoms with Crippen LogP contribution in [0.1, 0.15) is 34.5 Å². The fourth-order valence-electron chi connectivity index (χ4n) is 3.40. The molecule has 1 aromatic heterocycles. The summed E-state index contributed by atoms with van der Waals surface area (Å²) < 4.78 is 5.61. The van der Waals surface area contributed by atoms with E-state index in [1.165, 1.54) is 36.4 Å². The fourth-order valence-corrected chi connectivity index (χ4v) is 4.26. The number of ketones is 1. The number of carboxylic acid groups (broad SMARTS) is 1. The van der Waals surface area contributed by atoms with Gasteiger partial charge in [0, 0.05) is 36.0 Å². The molecule has 0 spiro atoms. The smallest absolute Gasteiger partial charge is 0.303 e. The average Bonchev–Trinajstić information content (AvgIpc) is 3.34. The minimum absolute atomic E-state index is 0.00593. The van der Waals surface area contributed by atoms with Crippen LogP contribution in [0.15, 0.2) is 57.9 Å². The molecule has 0 atom stereocenters. The number of thioether (sulfide) groups is 1. The van der Waals surface area contributed by atoms with E-state index >= 15 is 0 Å². The largest absolute Gasteiger partial charge is 0.481 e. The molecular weight excluding hydrogens is 464 g/mol. The number of amides is 2. The van der Waals surface area contributed by atoms with Crippen LogP contribution in [0.25, 0.3) is 17.0 Å². The van der Waals surface area contributed by atoms with Gasteiger partial charge in [-0.05, 0) is 48.0 Å². The summed E-state index contributed by atoms with van der Waals surface area (Å²) in [7, 11) is 0. The predicted octanol–water partition coefficient (Wildman–Crippen LogP) is 4.47. The number of benzene rings is 2. The highest BCUT2D eigenvalue weighted by atomic mass is 32.2. The summed E-state index contributed by atoms with van der Waals surface area (Å²) in [5.74, 6) is -2.00. The number of carboxylic acids is 1. The molecule has 2 heterocycles. The van der Waals surface area contributed by atoms with Crippen molar-refractivity contribution in [3.63, 3.8) is 0 Å². The maximum atomic E-state index is 12.7. The van der Waals surface area contributed by atoms with Gasteiger partial charge in [0.25, 0.3) is 16.8 Å². The molecule has 3 aromatic rings. The van der Waals surface area contributed by atoms with E-state index in [4.69, 9.17) is 9.52 Å². The van der Waals surface area contributed by atoms with Crippen molar-refractivity contribution in [2.75, 3.05) is 6.54 Å². The van der Waals surface area contributed by atoms with Gasteiger partial charge in [0.05, 0.1) is 9.83 Å². The molecule has 2 aromatic carbocycles. The standard InChI is InChI=1S/C23H16N2O8S/c26-20(27)5-2-8-24-22(29)19(34-23(24)30)10-13-6-7-17-15(9-13)12-18(33-17)21(28)14-3-1-4-16(11-14)25(31)32/h1,3-4,6-7,9-12H,2,5,8H2,(H,26,27). The molecule has 2 amide bonds. The van der Waals surface area contributed by atoms with E-state index in [9.17, 15) is 29.3 Å². The van der Waals surface area contributed by atoms with Crippen LogP contribution >= 0.6 is 11.8 Å². The average molecular weight is 480 g/mol. The summed E-state index contributed by atoms with van der Waals surface area (Å²) in [6, 6.07) is 11.8. The van der Waals surface area contributed by atoms with Crippen LogP contribution < -0.4 is 0 Å². The zero-order chi connectivity index (χ0) is 24.4. The Morgan fingerprint density at radius 3 is 2.68 bits per heavy atom. The molecule has 10 nitrogen and oxygen atoms in total. The fraction of sp³-hybridized carbons (Fsp3) is 0.130. The molecule has 0 aliphatic carbocycles. The van der Waals surface area contributed by atoms with Crippen LogP contribution in [-0.2, 0) is 9.59 Å². The summed E-state index contributed by atoms with van der Waals surface area (Å²) in [6.07, 6.45) is 1.56. The van der Waals surface area contributed by atoms with E-state index in [1.807, 2.05) is 0 Å². The van der Waals surface area contributed by atoms with Crippen molar-refractivity contribution < 1.29 is 33.6 Å². The Morgan fingerprint density at radius 2 is 1.94 bits per heavy atom. The first kappa shape index (κ1) is 22.9. The van der Waals surface area contributed by atoms with Crippen molar-refractivity contribution in [2.45, 2.75) is 12.8 Å². The maximum absolute atomic E-state index is 12.7. The van der Waals surface area contributed by atoms with Crippen LogP contribution in [0.3, 0.4) is 0 Å². The first-order valence-electron chi connectivity index (χ1n) is 10.0. The van der Waals surface area contributed by atoms with Gasteiger partial charge >= 0.3 is 5.97 Å². The van der Waals surface area contributed by atoms with Crippen molar-refractivity contribution >= 4 is 57.4 Å². The number of nitrogens with zero attached hydrogens (tertiary/aromatic N) is 2. The topological polar surface area (TPSA) is 148 Å². The van der Waals surface area contributed by atoms with Gasteiger partial charge in [-0.2, -0.15) is 0 Å². The molecule has 34 heavy (non-hydrogen) atoms. The van der Waals surface area contributed by atoms with Gasteiger partial charge in [0.1, 0.15) is 5.58 Å². The number of furan rings is 1. The van der Waals surface area contributed by atoms with Gasteiger partial charge in [-0.3, -0.25) is 34.2 Å². The van der Waals surface area contributed by atoms with Gasteiger partial charge in [0.2, 0.25) is 5.78 Å². The van der Waals surface area contributed by atoms with Crippen molar-refractivity contribution in [1.29, 1.82) is 0 Å². The van der Waals surface area contributed by atoms with E-state index in [0.29, 0.717) is 16.5 Å². The van der Waals surface area contributed by atoms with Gasteiger partial charge in [-0.15, -0.1) is 0 Å². The van der Waals surface area contributed by atoms with E-state index in [1.54, 1.807) is 18.2 Å². The lowest BCUT2D eigenvalue weighted by Gasteiger charge is -2.10. The molecule has 11 heteroatoms. The highest BCUT2D eigenvalue weighted by Gasteiger charge is 2.34. The minimum Gasteiger partial charge on any atom is -0.481 e. The lowest BCUT2D eigenvalue weighted by molar-refractivity contribution is -0.384. The number of nitro groups is 1. The maximum Gasteiger partial charge on any atom is 0.303 e. The number of aliphatic carboxylic acids is 1. The summed E-state index contributed by atoms with van der Waals surface area (Å²) in [5.41, 5.74) is 0.914. The third kappa shape index (κ3) is 4.74. The van der Waals surface area contributed by atoms with Crippen molar-refractivity contribution in [3.05, 3.63) is 80.4 Å². The zero-order valence-corrected chi connectivity index (χ0v) is 18.2. The number of rotatable bonds is 8. The Hall–Kier alpha value is -4.25. The molecule has 1 aliphatic heterocycles. The molecule has 0 unspecified atom stereocenters. The third-order valence-corrected chi connectivity index (χ3v) is 5.93. The number of hydrogen-bond donors (Lipinski definition) is 1. The lowest BCUT2D eigenvalue weighted by Crippen LogP contribution is -2.29. The highest BCUT2D eigenvalue weighted by Crippen LogP contribution is 2.33. The molecule has 0 bridgehead atoms. The highest BCUT2D eigenvalue weighted by molar-refractivity contribution is 8.18. The second-order valence-electron chi connectivity index (χ2n) is 7.38. The predicted molar refractivity (Wildman–Crippen MR) is 122 cm³/mol. The van der Waals surface area contributed by atoms with Gasteiger partial charge in [0.15, 0.2) is 5.76 Å². The van der Waals surface area contributed by atoms with Crippen LogP contribution in [0.5, 0.6) is 0 Å². The zero-order valence-electron chi connectivity index (χ0n) is 17.4. The number of non-ortho nitro benzene ring substituents is 1. The lowest BCUT2D eigenvalue weighted by atomic mass is 10.1. The molecule has 4 rings (SSSR count). The second-order valence-corrected chi connectivity index (χ2v) is 8.37. The van der Waals surface area contributed by atoms with Crippen LogP contribution in [0.2, 0.25) is 0 Å². The van der Waals surface area contributed by atoms with E-state index < -0.39 is 27.8 Å². The van der Waals surface area contributed by atoms with Crippen molar-refractivity contribution in [1.82, 2.24) is 4.90 Å². The summed E-state index contributed by atoms with van der Waals surface area (Å²) >= 11 is 0.770. The summed E-state index contributed by atoms with van der Waals surface area (Å²) in [5, 5.41) is 19.8. The monoisotopic (exact) mass is 480 g/mol. The van der Waals surface area contributed by atoms with Gasteiger partial charge in [-0.25, -0.2) is 0 Å². The number of carbonyl (C=O) groups is 4. The first-order valence-corrected chi connectivity index (χ1v) is 10.8. The Kier molecular flexibility index (Phi) is 6.28. The van der Waals surface area contributed by atoms with Crippen LogP contribution in [-0.4, -0.2) is 44.4 Å².